The maximum absolute atomic E-state index is 5.70. The molecule has 6 heteroatoms. The van der Waals surface area contributed by atoms with E-state index in [0.717, 1.165) is 70.9 Å². The molecule has 3 rings (SSSR count). The Bertz CT molecular complexity index is 612. The van der Waals surface area contributed by atoms with Gasteiger partial charge in [-0.2, -0.15) is 0 Å². The molecule has 2 N–H and O–H groups in total. The molecule has 156 valence electrons. The van der Waals surface area contributed by atoms with Gasteiger partial charge in [0.15, 0.2) is 5.96 Å². The van der Waals surface area contributed by atoms with E-state index in [-0.39, 0.29) is 0 Å². The lowest BCUT2D eigenvalue weighted by molar-refractivity contribution is 0.0170. The summed E-state index contributed by atoms with van der Waals surface area (Å²) in [6, 6.07) is 9.12. The van der Waals surface area contributed by atoms with Gasteiger partial charge in [0.2, 0.25) is 0 Å². The molecule has 1 aliphatic heterocycles. The second-order valence-electron chi connectivity index (χ2n) is 7.83. The summed E-state index contributed by atoms with van der Waals surface area (Å²) in [5.41, 5.74) is 2.64. The van der Waals surface area contributed by atoms with E-state index in [1.54, 1.807) is 0 Å². The summed E-state index contributed by atoms with van der Waals surface area (Å²) in [6.45, 7) is 9.13. The average Bonchev–Trinajstić information content (AvgIpc) is 3.54. The van der Waals surface area contributed by atoms with Crippen molar-refractivity contribution in [2.24, 2.45) is 10.9 Å². The summed E-state index contributed by atoms with van der Waals surface area (Å²) >= 11 is 0. The molecule has 28 heavy (non-hydrogen) atoms. The number of guanidine groups is 1. The lowest BCUT2D eigenvalue weighted by atomic mass is 10.0. The predicted molar refractivity (Wildman–Crippen MR) is 114 cm³/mol. The van der Waals surface area contributed by atoms with Crippen molar-refractivity contribution in [2.45, 2.75) is 32.2 Å². The number of rotatable bonds is 10. The zero-order chi connectivity index (χ0) is 19.6. The molecule has 1 saturated heterocycles. The first-order valence-corrected chi connectivity index (χ1v) is 10.7. The Labute approximate surface area is 169 Å². The SMILES string of the molecule is CN=C(NCCCOCC1CC1)NCC(c1cccc(C)c1)N1CCOCC1. The average molecular weight is 389 g/mol. The van der Waals surface area contributed by atoms with Crippen LogP contribution in [0.25, 0.3) is 0 Å². The molecule has 0 spiro atoms. The fourth-order valence-electron chi connectivity index (χ4n) is 3.55. The van der Waals surface area contributed by atoms with Crippen LogP contribution in [0.4, 0.5) is 0 Å². The fourth-order valence-corrected chi connectivity index (χ4v) is 3.55. The van der Waals surface area contributed by atoms with Gasteiger partial charge in [-0.15, -0.1) is 0 Å². The minimum atomic E-state index is 0.309. The molecule has 2 fully saturated rings. The Balaban J connectivity index is 1.46. The molecule has 0 amide bonds. The highest BCUT2D eigenvalue weighted by Crippen LogP contribution is 2.28. The third-order valence-electron chi connectivity index (χ3n) is 5.41. The van der Waals surface area contributed by atoms with Crippen molar-refractivity contribution in [2.75, 3.05) is 59.7 Å². The lowest BCUT2D eigenvalue weighted by Crippen LogP contribution is -2.46. The Morgan fingerprint density at radius 2 is 2.11 bits per heavy atom. The third kappa shape index (κ3) is 7.08. The van der Waals surface area contributed by atoms with Crippen molar-refractivity contribution in [3.63, 3.8) is 0 Å². The second-order valence-corrected chi connectivity index (χ2v) is 7.83. The van der Waals surface area contributed by atoms with E-state index in [9.17, 15) is 0 Å². The normalized spacial score (nSPS) is 19.4. The van der Waals surface area contributed by atoms with Gasteiger partial charge < -0.3 is 20.1 Å². The van der Waals surface area contributed by atoms with Crippen molar-refractivity contribution in [3.05, 3.63) is 35.4 Å². The van der Waals surface area contributed by atoms with Crippen molar-refractivity contribution < 1.29 is 9.47 Å². The first-order chi connectivity index (χ1) is 13.8. The van der Waals surface area contributed by atoms with Crippen LogP contribution in [0.5, 0.6) is 0 Å². The molecule has 0 aromatic heterocycles. The van der Waals surface area contributed by atoms with Crippen LogP contribution < -0.4 is 10.6 Å². The van der Waals surface area contributed by atoms with E-state index < -0.39 is 0 Å². The van der Waals surface area contributed by atoms with E-state index in [1.165, 1.54) is 24.0 Å². The Kier molecular flexibility index (Phi) is 8.58. The maximum Gasteiger partial charge on any atom is 0.191 e. The monoisotopic (exact) mass is 388 g/mol. The van der Waals surface area contributed by atoms with Crippen LogP contribution in [0.15, 0.2) is 29.3 Å². The van der Waals surface area contributed by atoms with Gasteiger partial charge in [-0.1, -0.05) is 29.8 Å². The largest absolute Gasteiger partial charge is 0.381 e. The molecule has 2 aliphatic rings. The van der Waals surface area contributed by atoms with Crippen molar-refractivity contribution in [3.8, 4) is 0 Å². The van der Waals surface area contributed by atoms with Gasteiger partial charge in [0.1, 0.15) is 0 Å². The summed E-state index contributed by atoms with van der Waals surface area (Å²) in [5, 5.41) is 6.93. The van der Waals surface area contributed by atoms with Crippen LogP contribution in [-0.4, -0.2) is 70.5 Å². The smallest absolute Gasteiger partial charge is 0.191 e. The molecule has 1 heterocycles. The summed E-state index contributed by atoms with van der Waals surface area (Å²) < 4.78 is 11.3. The van der Waals surface area contributed by atoms with E-state index in [2.05, 4.69) is 51.7 Å². The van der Waals surface area contributed by atoms with Crippen molar-refractivity contribution in [1.82, 2.24) is 15.5 Å². The van der Waals surface area contributed by atoms with Crippen molar-refractivity contribution in [1.29, 1.82) is 0 Å². The standard InChI is InChI=1S/C22H36N4O2/c1-18-5-3-6-20(15-18)21(26-10-13-27-14-11-26)16-25-22(23-2)24-9-4-12-28-17-19-7-8-19/h3,5-6,15,19,21H,4,7-14,16-17H2,1-2H3,(H2,23,24,25). The van der Waals surface area contributed by atoms with Gasteiger partial charge in [0, 0.05) is 46.4 Å². The highest BCUT2D eigenvalue weighted by Gasteiger charge is 2.23. The Morgan fingerprint density at radius 1 is 1.29 bits per heavy atom. The van der Waals surface area contributed by atoms with Gasteiger partial charge in [0.05, 0.1) is 19.3 Å². The van der Waals surface area contributed by atoms with Crippen LogP contribution in [0.3, 0.4) is 0 Å². The predicted octanol–water partition coefficient (Wildman–Crippen LogP) is 2.35. The molecule has 1 aromatic carbocycles. The van der Waals surface area contributed by atoms with E-state index in [4.69, 9.17) is 9.47 Å². The molecular weight excluding hydrogens is 352 g/mol. The van der Waals surface area contributed by atoms with Gasteiger partial charge in [-0.3, -0.25) is 9.89 Å². The molecule has 1 atom stereocenters. The quantitative estimate of drug-likeness (QED) is 0.366. The molecule has 1 unspecified atom stereocenters. The molecule has 6 nitrogen and oxygen atoms in total. The molecule has 1 aliphatic carbocycles. The van der Waals surface area contributed by atoms with E-state index in [0.29, 0.717) is 6.04 Å². The minimum absolute atomic E-state index is 0.309. The molecule has 0 radical (unpaired) electrons. The van der Waals surface area contributed by atoms with Crippen molar-refractivity contribution >= 4 is 5.96 Å². The summed E-state index contributed by atoms with van der Waals surface area (Å²) in [6.07, 6.45) is 3.69. The number of aliphatic imine (C=N–C) groups is 1. The zero-order valence-corrected chi connectivity index (χ0v) is 17.5. The zero-order valence-electron chi connectivity index (χ0n) is 17.5. The Hall–Kier alpha value is -1.63. The first kappa shape index (κ1) is 21.1. The van der Waals surface area contributed by atoms with Gasteiger partial charge >= 0.3 is 0 Å². The fraction of sp³-hybridized carbons (Fsp3) is 0.682. The second kappa shape index (κ2) is 11.4. The number of ether oxygens (including phenoxy) is 2. The molecule has 1 aromatic rings. The number of benzene rings is 1. The summed E-state index contributed by atoms with van der Waals surface area (Å²) in [7, 11) is 1.83. The van der Waals surface area contributed by atoms with Crippen LogP contribution in [0.2, 0.25) is 0 Å². The number of hydrogen-bond donors (Lipinski definition) is 2. The first-order valence-electron chi connectivity index (χ1n) is 10.7. The van der Waals surface area contributed by atoms with Gasteiger partial charge in [-0.05, 0) is 37.7 Å². The topological polar surface area (TPSA) is 58.1 Å². The summed E-state index contributed by atoms with van der Waals surface area (Å²) in [4.78, 5) is 6.89. The molecule has 1 saturated carbocycles. The lowest BCUT2D eigenvalue weighted by Gasteiger charge is -2.35. The summed E-state index contributed by atoms with van der Waals surface area (Å²) in [5.74, 6) is 1.69. The number of aryl methyl sites for hydroxylation is 1. The number of hydrogen-bond acceptors (Lipinski definition) is 4. The van der Waals surface area contributed by atoms with Gasteiger partial charge in [-0.25, -0.2) is 0 Å². The van der Waals surface area contributed by atoms with Crippen LogP contribution in [0.1, 0.15) is 36.4 Å². The van der Waals surface area contributed by atoms with E-state index >= 15 is 0 Å². The third-order valence-corrected chi connectivity index (χ3v) is 5.41. The van der Waals surface area contributed by atoms with Crippen LogP contribution in [0, 0.1) is 12.8 Å². The molecule has 0 bridgehead atoms. The van der Waals surface area contributed by atoms with Gasteiger partial charge in [0.25, 0.3) is 0 Å². The number of nitrogens with zero attached hydrogens (tertiary/aromatic N) is 2. The Morgan fingerprint density at radius 3 is 2.82 bits per heavy atom. The minimum Gasteiger partial charge on any atom is -0.381 e. The van der Waals surface area contributed by atoms with Crippen LogP contribution >= 0.6 is 0 Å². The highest BCUT2D eigenvalue weighted by atomic mass is 16.5. The molecular formula is C22H36N4O2. The number of nitrogens with one attached hydrogen (secondary N) is 2. The highest BCUT2D eigenvalue weighted by molar-refractivity contribution is 5.79. The number of morpholine rings is 1. The maximum atomic E-state index is 5.70. The van der Waals surface area contributed by atoms with Crippen LogP contribution in [-0.2, 0) is 9.47 Å². The van der Waals surface area contributed by atoms with E-state index in [1.807, 2.05) is 7.05 Å².